The summed E-state index contributed by atoms with van der Waals surface area (Å²) >= 11 is 0. The van der Waals surface area contributed by atoms with Gasteiger partial charge in [0.15, 0.2) is 0 Å². The van der Waals surface area contributed by atoms with E-state index in [0.717, 1.165) is 22.3 Å². The van der Waals surface area contributed by atoms with Crippen molar-refractivity contribution in [3.8, 4) is 5.69 Å². The second kappa shape index (κ2) is 10.6. The molecular formula is C30H26N4O4. The van der Waals surface area contributed by atoms with E-state index >= 15 is 0 Å². The molecule has 5 rings (SSSR count). The van der Waals surface area contributed by atoms with Gasteiger partial charge in [-0.3, -0.25) is 0 Å². The van der Waals surface area contributed by atoms with Gasteiger partial charge in [-0.15, -0.1) is 5.10 Å². The standard InChI is InChI=1S/C30H26N4O4/c1-3-38-30(37)27-23(18-13-20-9-5-4-6-10-20)26(29(35)36)19(2)31-28(27)21-14-16-22(17-15-21)34-25-12-8-7-11-24(25)32-33-34/h4-18,23,31H,3H2,1-2H3,(H,35,36)/b18-13+. The molecule has 8 nitrogen and oxygen atoms in total. The molecule has 1 aromatic heterocycles. The van der Waals surface area contributed by atoms with Gasteiger partial charge in [0, 0.05) is 11.6 Å². The maximum atomic E-state index is 13.3. The molecule has 1 atom stereocenters. The van der Waals surface area contributed by atoms with Gasteiger partial charge in [-0.1, -0.05) is 72.0 Å². The van der Waals surface area contributed by atoms with Crippen molar-refractivity contribution in [3.05, 3.63) is 113 Å². The molecule has 0 saturated carbocycles. The van der Waals surface area contributed by atoms with Crippen molar-refractivity contribution in [2.24, 2.45) is 5.92 Å². The maximum absolute atomic E-state index is 13.3. The molecule has 3 aromatic carbocycles. The minimum Gasteiger partial charge on any atom is -0.478 e. The predicted molar refractivity (Wildman–Crippen MR) is 145 cm³/mol. The van der Waals surface area contributed by atoms with Gasteiger partial charge in [-0.2, -0.15) is 0 Å². The lowest BCUT2D eigenvalue weighted by atomic mass is 9.83. The van der Waals surface area contributed by atoms with Crippen molar-refractivity contribution in [3.63, 3.8) is 0 Å². The highest BCUT2D eigenvalue weighted by molar-refractivity contribution is 6.04. The van der Waals surface area contributed by atoms with E-state index in [-0.39, 0.29) is 17.8 Å². The summed E-state index contributed by atoms with van der Waals surface area (Å²) in [5, 5.41) is 21.7. The fourth-order valence-corrected chi connectivity index (χ4v) is 4.61. The Labute approximate surface area is 219 Å². The number of rotatable bonds is 7. The molecule has 0 fully saturated rings. The number of para-hydroxylation sites is 1. The van der Waals surface area contributed by atoms with Gasteiger partial charge >= 0.3 is 11.9 Å². The van der Waals surface area contributed by atoms with E-state index in [4.69, 9.17) is 4.74 Å². The molecule has 0 aliphatic carbocycles. The van der Waals surface area contributed by atoms with Crippen molar-refractivity contribution in [1.82, 2.24) is 20.3 Å². The van der Waals surface area contributed by atoms with E-state index < -0.39 is 17.9 Å². The molecule has 1 unspecified atom stereocenters. The Morgan fingerprint density at radius 3 is 2.42 bits per heavy atom. The van der Waals surface area contributed by atoms with Crippen LogP contribution in [0.3, 0.4) is 0 Å². The summed E-state index contributed by atoms with van der Waals surface area (Å²) in [6, 6.07) is 24.7. The van der Waals surface area contributed by atoms with Crippen LogP contribution in [-0.4, -0.2) is 38.6 Å². The molecule has 0 saturated heterocycles. The molecule has 1 aliphatic rings. The average molecular weight is 507 g/mol. The lowest BCUT2D eigenvalue weighted by Gasteiger charge is -2.29. The van der Waals surface area contributed by atoms with E-state index in [1.165, 1.54) is 0 Å². The zero-order chi connectivity index (χ0) is 26.6. The predicted octanol–water partition coefficient (Wildman–Crippen LogP) is 4.99. The number of hydrogen-bond acceptors (Lipinski definition) is 6. The first-order valence-corrected chi connectivity index (χ1v) is 12.2. The van der Waals surface area contributed by atoms with Crippen molar-refractivity contribution >= 4 is 34.7 Å². The third-order valence-corrected chi connectivity index (χ3v) is 6.37. The summed E-state index contributed by atoms with van der Waals surface area (Å²) in [4.78, 5) is 25.6. The number of allylic oxidation sites excluding steroid dienone is 2. The van der Waals surface area contributed by atoms with Crippen LogP contribution in [0.25, 0.3) is 28.5 Å². The molecule has 4 aromatic rings. The van der Waals surface area contributed by atoms with Crippen molar-refractivity contribution < 1.29 is 19.4 Å². The second-order valence-corrected chi connectivity index (χ2v) is 8.76. The summed E-state index contributed by atoms with van der Waals surface area (Å²) in [6.45, 7) is 3.58. The molecular weight excluding hydrogens is 480 g/mol. The minimum atomic E-state index is -1.10. The van der Waals surface area contributed by atoms with Gasteiger partial charge < -0.3 is 15.2 Å². The van der Waals surface area contributed by atoms with Gasteiger partial charge in [0.25, 0.3) is 0 Å². The summed E-state index contributed by atoms with van der Waals surface area (Å²) in [5.74, 6) is -2.50. The highest BCUT2D eigenvalue weighted by atomic mass is 16.5. The molecule has 2 heterocycles. The average Bonchev–Trinajstić information content (AvgIpc) is 3.36. The molecule has 0 bridgehead atoms. The normalized spacial score (nSPS) is 15.7. The van der Waals surface area contributed by atoms with E-state index in [0.29, 0.717) is 17.0 Å². The van der Waals surface area contributed by atoms with E-state index in [1.54, 1.807) is 24.6 Å². The molecule has 1 aliphatic heterocycles. The Balaban J connectivity index is 1.61. The third kappa shape index (κ3) is 4.71. The number of fused-ring (bicyclic) bond motifs is 1. The van der Waals surface area contributed by atoms with Crippen LogP contribution in [0.5, 0.6) is 0 Å². The largest absolute Gasteiger partial charge is 0.478 e. The number of aliphatic carboxylic acids is 1. The fourth-order valence-electron chi connectivity index (χ4n) is 4.61. The first-order chi connectivity index (χ1) is 18.5. The Bertz CT molecular complexity index is 1600. The topological polar surface area (TPSA) is 106 Å². The van der Waals surface area contributed by atoms with Crippen molar-refractivity contribution in [2.75, 3.05) is 6.61 Å². The van der Waals surface area contributed by atoms with Crippen molar-refractivity contribution in [1.29, 1.82) is 0 Å². The number of nitrogens with one attached hydrogen (secondary N) is 1. The number of carbonyl (C=O) groups is 2. The molecule has 190 valence electrons. The molecule has 38 heavy (non-hydrogen) atoms. The zero-order valence-corrected chi connectivity index (χ0v) is 21.0. The first kappa shape index (κ1) is 24.7. The third-order valence-electron chi connectivity index (χ3n) is 6.37. The van der Waals surface area contributed by atoms with Crippen LogP contribution in [-0.2, 0) is 14.3 Å². The SMILES string of the molecule is CCOC(=O)C1=C(c2ccc(-n3nnc4ccccc43)cc2)NC(C)=C(C(=O)O)C1/C=C/c1ccccc1. The molecule has 0 spiro atoms. The van der Waals surface area contributed by atoms with Crippen LogP contribution in [0.2, 0.25) is 0 Å². The summed E-state index contributed by atoms with van der Waals surface area (Å²) < 4.78 is 7.14. The summed E-state index contributed by atoms with van der Waals surface area (Å²) in [5.41, 5.74) is 5.35. The Morgan fingerprint density at radius 2 is 1.71 bits per heavy atom. The maximum Gasteiger partial charge on any atom is 0.337 e. The minimum absolute atomic E-state index is 0.0923. The number of nitrogens with zero attached hydrogens (tertiary/aromatic N) is 3. The van der Waals surface area contributed by atoms with Crippen LogP contribution in [0.4, 0.5) is 0 Å². The van der Waals surface area contributed by atoms with Crippen molar-refractivity contribution in [2.45, 2.75) is 13.8 Å². The van der Waals surface area contributed by atoms with Gasteiger partial charge in [-0.05, 0) is 49.2 Å². The monoisotopic (exact) mass is 506 g/mol. The number of carboxylic acids is 1. The lowest BCUT2D eigenvalue weighted by Crippen LogP contribution is -2.32. The van der Waals surface area contributed by atoms with Gasteiger partial charge in [0.1, 0.15) is 5.52 Å². The van der Waals surface area contributed by atoms with Crippen LogP contribution >= 0.6 is 0 Å². The highest BCUT2D eigenvalue weighted by Crippen LogP contribution is 2.36. The van der Waals surface area contributed by atoms with Crippen LogP contribution in [0.15, 0.2) is 102 Å². The number of carbonyl (C=O) groups excluding carboxylic acids is 1. The van der Waals surface area contributed by atoms with Gasteiger partial charge in [-0.25, -0.2) is 14.3 Å². The van der Waals surface area contributed by atoms with E-state index in [2.05, 4.69) is 15.6 Å². The van der Waals surface area contributed by atoms with Crippen LogP contribution in [0, 0.1) is 5.92 Å². The number of ether oxygens (including phenoxy) is 1. The number of dihydropyridines is 1. The van der Waals surface area contributed by atoms with Gasteiger partial charge in [0.2, 0.25) is 0 Å². The molecule has 0 radical (unpaired) electrons. The molecule has 8 heteroatoms. The molecule has 0 amide bonds. The smallest absolute Gasteiger partial charge is 0.337 e. The van der Waals surface area contributed by atoms with Crippen LogP contribution < -0.4 is 5.32 Å². The highest BCUT2D eigenvalue weighted by Gasteiger charge is 2.36. The number of aromatic nitrogens is 3. The Hall–Kier alpha value is -4.98. The zero-order valence-electron chi connectivity index (χ0n) is 21.0. The fraction of sp³-hybridized carbons (Fsp3) is 0.133. The molecule has 2 N–H and O–H groups in total. The number of hydrogen-bond donors (Lipinski definition) is 2. The number of esters is 1. The van der Waals surface area contributed by atoms with E-state index in [9.17, 15) is 14.7 Å². The second-order valence-electron chi connectivity index (χ2n) is 8.76. The number of benzene rings is 3. The Morgan fingerprint density at radius 1 is 1.00 bits per heavy atom. The van der Waals surface area contributed by atoms with Crippen LogP contribution in [0.1, 0.15) is 25.0 Å². The quantitative estimate of drug-likeness (QED) is 0.340. The first-order valence-electron chi connectivity index (χ1n) is 12.2. The lowest BCUT2D eigenvalue weighted by molar-refractivity contribution is -0.138. The summed E-state index contributed by atoms with van der Waals surface area (Å²) in [7, 11) is 0. The van der Waals surface area contributed by atoms with Gasteiger partial charge in [0.05, 0.1) is 34.7 Å². The summed E-state index contributed by atoms with van der Waals surface area (Å²) in [6.07, 6.45) is 3.56. The Kier molecular flexibility index (Phi) is 6.86. The van der Waals surface area contributed by atoms with E-state index in [1.807, 2.05) is 84.9 Å². The number of carboxylic acid groups (broad SMARTS) is 1.